The van der Waals surface area contributed by atoms with E-state index in [1.165, 1.54) is 18.2 Å². The molecule has 0 N–H and O–H groups in total. The summed E-state index contributed by atoms with van der Waals surface area (Å²) < 4.78 is 12.1. The Morgan fingerprint density at radius 2 is 2.20 bits per heavy atom. The Morgan fingerprint density at radius 3 is 3.00 bits per heavy atom. The molecule has 25 heavy (non-hydrogen) atoms. The van der Waals surface area contributed by atoms with Gasteiger partial charge in [-0.05, 0) is 30.0 Å². The molecule has 132 valence electrons. The van der Waals surface area contributed by atoms with E-state index in [4.69, 9.17) is 4.74 Å². The number of ether oxygens (including phenoxy) is 2. The number of benzene rings is 1. The van der Waals surface area contributed by atoms with Crippen molar-refractivity contribution in [3.63, 3.8) is 0 Å². The van der Waals surface area contributed by atoms with Gasteiger partial charge in [0.25, 0.3) is 0 Å². The van der Waals surface area contributed by atoms with Crippen LogP contribution in [0, 0.1) is 0 Å². The predicted octanol–water partition coefficient (Wildman–Crippen LogP) is 1.84. The van der Waals surface area contributed by atoms with Gasteiger partial charge in [-0.1, -0.05) is 17.3 Å². The molecule has 7 nitrogen and oxygen atoms in total. The van der Waals surface area contributed by atoms with Gasteiger partial charge in [-0.2, -0.15) is 0 Å². The molecular formula is C18H22N4O3. The minimum Gasteiger partial charge on any atom is -0.493 e. The number of nitrogens with zero attached hydrogens (tertiary/aromatic N) is 4. The molecule has 1 aromatic heterocycles. The number of likely N-dealkylation sites (tertiary alicyclic amines) is 1. The third kappa shape index (κ3) is 3.37. The van der Waals surface area contributed by atoms with Crippen molar-refractivity contribution in [1.82, 2.24) is 19.9 Å². The molecule has 0 bridgehead atoms. The summed E-state index contributed by atoms with van der Waals surface area (Å²) in [6, 6.07) is 6.81. The zero-order chi connectivity index (χ0) is 17.2. The Balaban J connectivity index is 1.34. The molecule has 1 aromatic carbocycles. The van der Waals surface area contributed by atoms with Crippen molar-refractivity contribution in [3.8, 4) is 5.75 Å². The lowest BCUT2D eigenvalue weighted by Gasteiger charge is -2.31. The first-order chi connectivity index (χ1) is 12.2. The van der Waals surface area contributed by atoms with Crippen molar-refractivity contribution < 1.29 is 14.3 Å². The number of rotatable bonds is 4. The van der Waals surface area contributed by atoms with Crippen LogP contribution in [0.2, 0.25) is 0 Å². The molecule has 0 atom stereocenters. The zero-order valence-corrected chi connectivity index (χ0v) is 14.4. The molecule has 0 unspecified atom stereocenters. The SMILES string of the molecule is COC(=O)c1cn(C2CCN(Cc3ccc4c(c3)CCO4)CC2)nn1. The molecule has 2 aromatic rings. The number of esters is 1. The summed E-state index contributed by atoms with van der Waals surface area (Å²) in [4.78, 5) is 14.0. The first-order valence-electron chi connectivity index (χ1n) is 8.70. The van der Waals surface area contributed by atoms with E-state index in [1.54, 1.807) is 10.9 Å². The predicted molar refractivity (Wildman–Crippen MR) is 90.6 cm³/mol. The minimum absolute atomic E-state index is 0.269. The van der Waals surface area contributed by atoms with Crippen LogP contribution in [-0.2, 0) is 17.7 Å². The maximum Gasteiger partial charge on any atom is 0.360 e. The molecule has 0 saturated carbocycles. The molecule has 2 aliphatic heterocycles. The minimum atomic E-state index is -0.440. The highest BCUT2D eigenvalue weighted by Gasteiger charge is 2.23. The van der Waals surface area contributed by atoms with Gasteiger partial charge in [0.2, 0.25) is 0 Å². The summed E-state index contributed by atoms with van der Waals surface area (Å²) in [7, 11) is 1.35. The molecule has 0 aliphatic carbocycles. The van der Waals surface area contributed by atoms with Crippen LogP contribution in [0.25, 0.3) is 0 Å². The molecular weight excluding hydrogens is 320 g/mol. The molecule has 0 amide bonds. The van der Waals surface area contributed by atoms with Crippen LogP contribution >= 0.6 is 0 Å². The largest absolute Gasteiger partial charge is 0.493 e. The summed E-state index contributed by atoms with van der Waals surface area (Å²) in [5, 5.41) is 7.99. The Morgan fingerprint density at radius 1 is 1.36 bits per heavy atom. The second-order valence-electron chi connectivity index (χ2n) is 6.62. The van der Waals surface area contributed by atoms with Crippen LogP contribution < -0.4 is 4.74 Å². The topological polar surface area (TPSA) is 69.5 Å². The first-order valence-corrected chi connectivity index (χ1v) is 8.70. The van der Waals surface area contributed by atoms with E-state index >= 15 is 0 Å². The van der Waals surface area contributed by atoms with Gasteiger partial charge in [-0.3, -0.25) is 4.90 Å². The number of piperidine rings is 1. The lowest BCUT2D eigenvalue weighted by atomic mass is 10.0. The second-order valence-corrected chi connectivity index (χ2v) is 6.62. The van der Waals surface area contributed by atoms with E-state index in [0.717, 1.165) is 51.3 Å². The number of hydrogen-bond donors (Lipinski definition) is 0. The van der Waals surface area contributed by atoms with E-state index in [1.807, 2.05) is 0 Å². The van der Waals surface area contributed by atoms with Crippen LogP contribution in [0.3, 0.4) is 0 Å². The van der Waals surface area contributed by atoms with Crippen molar-refractivity contribution in [3.05, 3.63) is 41.2 Å². The summed E-state index contributed by atoms with van der Waals surface area (Å²) >= 11 is 0. The molecule has 4 rings (SSSR count). The molecule has 2 aliphatic rings. The standard InChI is InChI=1S/C18H22N4O3/c1-24-18(23)16-12-22(20-19-16)15-4-7-21(8-5-15)11-13-2-3-17-14(10-13)6-9-25-17/h2-3,10,12,15H,4-9,11H2,1H3. The molecule has 1 saturated heterocycles. The quantitative estimate of drug-likeness (QED) is 0.790. The van der Waals surface area contributed by atoms with E-state index in [2.05, 4.69) is 38.1 Å². The fourth-order valence-electron chi connectivity index (χ4n) is 3.59. The Kier molecular flexibility index (Phi) is 4.40. The van der Waals surface area contributed by atoms with E-state index in [9.17, 15) is 4.79 Å². The smallest absolute Gasteiger partial charge is 0.360 e. The third-order valence-corrected chi connectivity index (χ3v) is 5.00. The van der Waals surface area contributed by atoms with Gasteiger partial charge in [0.1, 0.15) is 5.75 Å². The third-order valence-electron chi connectivity index (χ3n) is 5.00. The first kappa shape index (κ1) is 16.1. The van der Waals surface area contributed by atoms with E-state index in [0.29, 0.717) is 0 Å². The normalized spacial score (nSPS) is 18.0. The van der Waals surface area contributed by atoms with Crippen LogP contribution in [-0.4, -0.2) is 52.7 Å². The summed E-state index contributed by atoms with van der Waals surface area (Å²) in [5.41, 5.74) is 2.94. The molecule has 3 heterocycles. The highest BCUT2D eigenvalue weighted by atomic mass is 16.5. The van der Waals surface area contributed by atoms with Gasteiger partial charge < -0.3 is 9.47 Å². The molecule has 1 fully saturated rings. The molecule has 7 heteroatoms. The number of hydrogen-bond acceptors (Lipinski definition) is 6. The van der Waals surface area contributed by atoms with Crippen molar-refractivity contribution >= 4 is 5.97 Å². The summed E-state index contributed by atoms with van der Waals surface area (Å²) in [5.74, 6) is 0.597. The van der Waals surface area contributed by atoms with Crippen LogP contribution in [0.4, 0.5) is 0 Å². The van der Waals surface area contributed by atoms with Crippen LogP contribution in [0.5, 0.6) is 5.75 Å². The Hall–Kier alpha value is -2.41. The van der Waals surface area contributed by atoms with Gasteiger partial charge >= 0.3 is 5.97 Å². The van der Waals surface area contributed by atoms with Crippen molar-refractivity contribution in [2.45, 2.75) is 31.8 Å². The molecule has 0 spiro atoms. The van der Waals surface area contributed by atoms with E-state index < -0.39 is 5.97 Å². The van der Waals surface area contributed by atoms with Gasteiger partial charge in [-0.25, -0.2) is 9.48 Å². The highest BCUT2D eigenvalue weighted by Crippen LogP contribution is 2.28. The van der Waals surface area contributed by atoms with Crippen LogP contribution in [0.1, 0.15) is 40.5 Å². The zero-order valence-electron chi connectivity index (χ0n) is 14.4. The maximum absolute atomic E-state index is 11.5. The van der Waals surface area contributed by atoms with Gasteiger partial charge in [0.05, 0.1) is 26.0 Å². The fraction of sp³-hybridized carbons (Fsp3) is 0.500. The maximum atomic E-state index is 11.5. The number of carbonyl (C=O) groups is 1. The number of carbonyl (C=O) groups excluding carboxylic acids is 1. The van der Waals surface area contributed by atoms with Crippen molar-refractivity contribution in [2.75, 3.05) is 26.8 Å². The number of methoxy groups -OCH3 is 1. The fourth-order valence-corrected chi connectivity index (χ4v) is 3.59. The van der Waals surface area contributed by atoms with Gasteiger partial charge in [0.15, 0.2) is 5.69 Å². The van der Waals surface area contributed by atoms with Crippen LogP contribution in [0.15, 0.2) is 24.4 Å². The average molecular weight is 342 g/mol. The summed E-state index contributed by atoms with van der Waals surface area (Å²) in [6.07, 6.45) is 4.70. The second kappa shape index (κ2) is 6.84. The lowest BCUT2D eigenvalue weighted by molar-refractivity contribution is 0.0594. The van der Waals surface area contributed by atoms with E-state index in [-0.39, 0.29) is 11.7 Å². The van der Waals surface area contributed by atoms with Crippen molar-refractivity contribution in [1.29, 1.82) is 0 Å². The molecule has 0 radical (unpaired) electrons. The number of aromatic nitrogens is 3. The monoisotopic (exact) mass is 342 g/mol. The Labute approximate surface area is 146 Å². The summed E-state index contributed by atoms with van der Waals surface area (Å²) in [6.45, 7) is 3.78. The van der Waals surface area contributed by atoms with Crippen molar-refractivity contribution in [2.24, 2.45) is 0 Å². The lowest BCUT2D eigenvalue weighted by Crippen LogP contribution is -2.34. The van der Waals surface area contributed by atoms with Gasteiger partial charge in [-0.15, -0.1) is 5.10 Å². The highest BCUT2D eigenvalue weighted by molar-refractivity contribution is 5.86. The Bertz CT molecular complexity index is 765. The number of fused-ring (bicyclic) bond motifs is 1. The van der Waals surface area contributed by atoms with Gasteiger partial charge in [0, 0.05) is 26.1 Å². The average Bonchev–Trinajstić information content (AvgIpc) is 3.31.